The van der Waals surface area contributed by atoms with Gasteiger partial charge in [-0.05, 0) is 28.8 Å². The Morgan fingerprint density at radius 2 is 1.24 bits per heavy atom. The Morgan fingerprint density at radius 1 is 0.760 bits per heavy atom. The fraction of sp³-hybridized carbons (Fsp3) is 0.100. The summed E-state index contributed by atoms with van der Waals surface area (Å²) in [7, 11) is -3.54. The second kappa shape index (κ2) is 7.83. The molecule has 0 aliphatic carbocycles. The third-order valence-electron chi connectivity index (χ3n) is 3.83. The summed E-state index contributed by atoms with van der Waals surface area (Å²) < 4.78 is 28.2. The van der Waals surface area contributed by atoms with Gasteiger partial charge in [-0.3, -0.25) is 0 Å². The quantitative estimate of drug-likeness (QED) is 0.691. The Kier molecular flexibility index (Phi) is 5.53. The van der Waals surface area contributed by atoms with E-state index in [1.807, 2.05) is 60.7 Å². The monoisotopic (exact) mass is 371 g/mol. The molecule has 1 N–H and O–H groups in total. The predicted molar refractivity (Wildman–Crippen MR) is 102 cm³/mol. The molecule has 0 fully saturated rings. The molecule has 0 heterocycles. The Morgan fingerprint density at radius 3 is 1.72 bits per heavy atom. The van der Waals surface area contributed by atoms with Crippen LogP contribution in [0.25, 0.3) is 0 Å². The highest BCUT2D eigenvalue weighted by atomic mass is 35.5. The largest absolute Gasteiger partial charge is 0.216 e. The van der Waals surface area contributed by atoms with Gasteiger partial charge in [-0.25, -0.2) is 13.1 Å². The van der Waals surface area contributed by atoms with Crippen molar-refractivity contribution in [3.63, 3.8) is 0 Å². The summed E-state index contributed by atoms with van der Waals surface area (Å²) in [4.78, 5) is 0. The summed E-state index contributed by atoms with van der Waals surface area (Å²) in [5, 5.41) is 0.584. The molecule has 0 spiro atoms. The average molecular weight is 372 g/mol. The summed E-state index contributed by atoms with van der Waals surface area (Å²) in [6.07, 6.45) is 0. The second-order valence-corrected chi connectivity index (χ2v) is 7.95. The molecule has 0 aromatic heterocycles. The van der Waals surface area contributed by atoms with E-state index in [1.165, 1.54) is 0 Å². The SMILES string of the molecule is O=S(=O)(Cc1ccc(Cl)cc1)NC(c1ccccc1)c1ccccc1. The summed E-state index contributed by atoms with van der Waals surface area (Å²) in [5.41, 5.74) is 2.48. The molecule has 3 aromatic carbocycles. The van der Waals surface area contributed by atoms with Crippen molar-refractivity contribution in [3.05, 3.63) is 107 Å². The van der Waals surface area contributed by atoms with E-state index in [-0.39, 0.29) is 5.75 Å². The molecule has 128 valence electrons. The van der Waals surface area contributed by atoms with Gasteiger partial charge in [0, 0.05) is 5.02 Å². The fourth-order valence-electron chi connectivity index (χ4n) is 2.64. The third-order valence-corrected chi connectivity index (χ3v) is 5.39. The van der Waals surface area contributed by atoms with E-state index >= 15 is 0 Å². The van der Waals surface area contributed by atoms with Gasteiger partial charge in [-0.15, -0.1) is 0 Å². The van der Waals surface area contributed by atoms with Gasteiger partial charge in [0.2, 0.25) is 10.0 Å². The number of hydrogen-bond donors (Lipinski definition) is 1. The lowest BCUT2D eigenvalue weighted by Crippen LogP contribution is -2.30. The van der Waals surface area contributed by atoms with Gasteiger partial charge in [0.15, 0.2) is 0 Å². The standard InChI is InChI=1S/C20H18ClNO2S/c21-19-13-11-16(12-14-19)15-25(23,24)22-20(17-7-3-1-4-8-17)18-9-5-2-6-10-18/h1-14,20,22H,15H2. The van der Waals surface area contributed by atoms with Crippen molar-refractivity contribution in [1.29, 1.82) is 0 Å². The lowest BCUT2D eigenvalue weighted by atomic mass is 10.00. The first-order valence-corrected chi connectivity index (χ1v) is 9.91. The minimum atomic E-state index is -3.54. The van der Waals surface area contributed by atoms with E-state index < -0.39 is 16.1 Å². The first-order valence-electron chi connectivity index (χ1n) is 7.88. The van der Waals surface area contributed by atoms with Gasteiger partial charge < -0.3 is 0 Å². The minimum absolute atomic E-state index is 0.0969. The van der Waals surface area contributed by atoms with Crippen molar-refractivity contribution < 1.29 is 8.42 Å². The van der Waals surface area contributed by atoms with Crippen LogP contribution < -0.4 is 4.72 Å². The fourth-order valence-corrected chi connectivity index (χ4v) is 4.11. The molecule has 0 unspecified atom stereocenters. The zero-order valence-corrected chi connectivity index (χ0v) is 15.0. The van der Waals surface area contributed by atoms with Crippen molar-refractivity contribution >= 4 is 21.6 Å². The lowest BCUT2D eigenvalue weighted by molar-refractivity contribution is 0.571. The zero-order chi connectivity index (χ0) is 17.7. The molecule has 5 heteroatoms. The molecule has 3 aromatic rings. The average Bonchev–Trinajstić information content (AvgIpc) is 2.63. The highest BCUT2D eigenvalue weighted by molar-refractivity contribution is 7.88. The van der Waals surface area contributed by atoms with E-state index in [2.05, 4.69) is 4.72 Å². The van der Waals surface area contributed by atoms with E-state index in [1.54, 1.807) is 24.3 Å². The Bertz CT molecular complexity index is 871. The third kappa shape index (κ3) is 4.92. The smallest absolute Gasteiger partial charge is 0.212 e. The van der Waals surface area contributed by atoms with Crippen LogP contribution in [0.15, 0.2) is 84.9 Å². The van der Waals surface area contributed by atoms with Crippen molar-refractivity contribution in [2.75, 3.05) is 0 Å². The van der Waals surface area contributed by atoms with Gasteiger partial charge in [0.1, 0.15) is 0 Å². The van der Waals surface area contributed by atoms with Crippen LogP contribution in [0.5, 0.6) is 0 Å². The van der Waals surface area contributed by atoms with Crippen LogP contribution in [0, 0.1) is 0 Å². The maximum Gasteiger partial charge on any atom is 0.216 e. The first-order chi connectivity index (χ1) is 12.0. The molecule has 25 heavy (non-hydrogen) atoms. The molecule has 0 amide bonds. The van der Waals surface area contributed by atoms with Crippen molar-refractivity contribution in [2.24, 2.45) is 0 Å². The van der Waals surface area contributed by atoms with E-state index in [4.69, 9.17) is 11.6 Å². The first kappa shape index (κ1) is 17.7. The Labute approximate surface area is 153 Å². The summed E-state index contributed by atoms with van der Waals surface area (Å²) in [6.45, 7) is 0. The van der Waals surface area contributed by atoms with Gasteiger partial charge in [0.05, 0.1) is 11.8 Å². The maximum absolute atomic E-state index is 12.7. The van der Waals surface area contributed by atoms with Gasteiger partial charge in [0.25, 0.3) is 0 Å². The van der Waals surface area contributed by atoms with Crippen LogP contribution in [0.4, 0.5) is 0 Å². The number of sulfonamides is 1. The molecule has 0 radical (unpaired) electrons. The maximum atomic E-state index is 12.7. The Hall–Kier alpha value is -2.14. The zero-order valence-electron chi connectivity index (χ0n) is 13.5. The normalized spacial score (nSPS) is 11.6. The van der Waals surface area contributed by atoms with Gasteiger partial charge in [-0.2, -0.15) is 0 Å². The number of benzene rings is 3. The molecule has 0 aliphatic heterocycles. The van der Waals surface area contributed by atoms with E-state index in [9.17, 15) is 8.42 Å². The molecular formula is C20H18ClNO2S. The number of halogens is 1. The van der Waals surface area contributed by atoms with Crippen molar-refractivity contribution in [3.8, 4) is 0 Å². The van der Waals surface area contributed by atoms with Crippen LogP contribution in [-0.2, 0) is 15.8 Å². The Balaban J connectivity index is 1.88. The number of nitrogens with one attached hydrogen (secondary N) is 1. The molecule has 0 atom stereocenters. The number of rotatable bonds is 6. The minimum Gasteiger partial charge on any atom is -0.212 e. The summed E-state index contributed by atoms with van der Waals surface area (Å²) in [6, 6.07) is 25.5. The van der Waals surface area contributed by atoms with E-state index in [0.29, 0.717) is 10.6 Å². The lowest BCUT2D eigenvalue weighted by Gasteiger charge is -2.20. The molecule has 0 bridgehead atoms. The topological polar surface area (TPSA) is 46.2 Å². The van der Waals surface area contributed by atoms with Crippen LogP contribution >= 0.6 is 11.6 Å². The predicted octanol–water partition coefficient (Wildman–Crippen LogP) is 4.55. The molecular weight excluding hydrogens is 354 g/mol. The van der Waals surface area contributed by atoms with Crippen LogP contribution in [0.2, 0.25) is 5.02 Å². The van der Waals surface area contributed by atoms with E-state index in [0.717, 1.165) is 11.1 Å². The van der Waals surface area contributed by atoms with Gasteiger partial charge >= 0.3 is 0 Å². The highest BCUT2D eigenvalue weighted by Crippen LogP contribution is 2.23. The number of hydrogen-bond acceptors (Lipinski definition) is 2. The summed E-state index contributed by atoms with van der Waals surface area (Å²) in [5.74, 6) is -0.0969. The van der Waals surface area contributed by atoms with Crippen molar-refractivity contribution in [1.82, 2.24) is 4.72 Å². The molecule has 3 nitrogen and oxygen atoms in total. The van der Waals surface area contributed by atoms with Crippen molar-refractivity contribution in [2.45, 2.75) is 11.8 Å². The summed E-state index contributed by atoms with van der Waals surface area (Å²) >= 11 is 5.86. The molecule has 3 rings (SSSR count). The molecule has 0 saturated carbocycles. The second-order valence-electron chi connectivity index (χ2n) is 5.76. The highest BCUT2D eigenvalue weighted by Gasteiger charge is 2.21. The van der Waals surface area contributed by atoms with Crippen LogP contribution in [-0.4, -0.2) is 8.42 Å². The molecule has 0 aliphatic rings. The van der Waals surface area contributed by atoms with Crippen LogP contribution in [0.3, 0.4) is 0 Å². The van der Waals surface area contributed by atoms with Crippen LogP contribution in [0.1, 0.15) is 22.7 Å². The molecule has 0 saturated heterocycles. The van der Waals surface area contributed by atoms with Gasteiger partial charge in [-0.1, -0.05) is 84.4 Å².